The topological polar surface area (TPSA) is 17.1 Å². The second-order valence-electron chi connectivity index (χ2n) is 5.37. The maximum Gasteiger partial charge on any atom is 0.158 e. The molecule has 0 aliphatic heterocycles. The molecule has 0 radical (unpaired) electrons. The molecule has 0 aromatic rings. The molecule has 1 nitrogen and oxygen atoms in total. The lowest BCUT2D eigenvalue weighted by molar-refractivity contribution is -0.119. The summed E-state index contributed by atoms with van der Waals surface area (Å²) in [6.07, 6.45) is 8.37. The van der Waals surface area contributed by atoms with Crippen LogP contribution in [0.3, 0.4) is 0 Å². The molecular weight excluding hydrogens is 196 g/mol. The summed E-state index contributed by atoms with van der Waals surface area (Å²) < 4.78 is 0. The molecule has 1 aliphatic carbocycles. The maximum absolute atomic E-state index is 12.1. The molecule has 0 saturated carbocycles. The standard InChI is InChI=1S/C15H24O/c1-11(2)14-9-8-12(3)6-5-7-13(4)10-15(14)16/h6,10-11,14H,5,7-9H2,1-4H3/b12-6-,13-10?/t14-/m0/s1. The Kier molecular flexibility index (Phi) is 4.98. The molecule has 0 unspecified atom stereocenters. The van der Waals surface area contributed by atoms with E-state index in [2.05, 4.69) is 33.8 Å². The molecule has 16 heavy (non-hydrogen) atoms. The average molecular weight is 220 g/mol. The van der Waals surface area contributed by atoms with Crippen molar-refractivity contribution in [1.82, 2.24) is 0 Å². The largest absolute Gasteiger partial charge is 0.295 e. The van der Waals surface area contributed by atoms with Gasteiger partial charge in [0, 0.05) is 5.92 Å². The van der Waals surface area contributed by atoms with Crippen LogP contribution in [0.2, 0.25) is 0 Å². The predicted octanol–water partition coefficient (Wildman–Crippen LogP) is 4.29. The molecule has 0 saturated heterocycles. The van der Waals surface area contributed by atoms with Crippen LogP contribution in [0.5, 0.6) is 0 Å². The van der Waals surface area contributed by atoms with Gasteiger partial charge in [-0.15, -0.1) is 0 Å². The summed E-state index contributed by atoms with van der Waals surface area (Å²) in [5.74, 6) is 0.988. The second kappa shape index (κ2) is 6.03. The number of hydrogen-bond acceptors (Lipinski definition) is 1. The summed E-state index contributed by atoms with van der Waals surface area (Å²) in [6.45, 7) is 8.55. The van der Waals surface area contributed by atoms with Gasteiger partial charge in [-0.3, -0.25) is 4.79 Å². The van der Waals surface area contributed by atoms with Gasteiger partial charge in [-0.2, -0.15) is 0 Å². The highest BCUT2D eigenvalue weighted by molar-refractivity contribution is 5.92. The number of hydrogen-bond donors (Lipinski definition) is 0. The zero-order valence-corrected chi connectivity index (χ0v) is 11.0. The van der Waals surface area contributed by atoms with Gasteiger partial charge in [-0.1, -0.05) is 31.1 Å². The van der Waals surface area contributed by atoms with Gasteiger partial charge in [-0.25, -0.2) is 0 Å². The van der Waals surface area contributed by atoms with Gasteiger partial charge in [0.2, 0.25) is 0 Å². The van der Waals surface area contributed by atoms with E-state index in [4.69, 9.17) is 0 Å². The first-order valence-corrected chi connectivity index (χ1v) is 6.37. The second-order valence-corrected chi connectivity index (χ2v) is 5.37. The number of carbonyl (C=O) groups excluding carboxylic acids is 1. The van der Waals surface area contributed by atoms with Crippen molar-refractivity contribution in [3.8, 4) is 0 Å². The fraction of sp³-hybridized carbons (Fsp3) is 0.667. The van der Waals surface area contributed by atoms with Crippen LogP contribution in [-0.2, 0) is 4.79 Å². The van der Waals surface area contributed by atoms with Crippen LogP contribution in [0.4, 0.5) is 0 Å². The summed E-state index contributed by atoms with van der Waals surface area (Å²) in [6, 6.07) is 0. The molecule has 1 rings (SSSR count). The van der Waals surface area contributed by atoms with E-state index < -0.39 is 0 Å². The summed E-state index contributed by atoms with van der Waals surface area (Å²) in [7, 11) is 0. The van der Waals surface area contributed by atoms with Gasteiger partial charge in [0.15, 0.2) is 5.78 Å². The highest BCUT2D eigenvalue weighted by atomic mass is 16.1. The van der Waals surface area contributed by atoms with Gasteiger partial charge in [-0.05, 0) is 51.5 Å². The van der Waals surface area contributed by atoms with E-state index in [0.29, 0.717) is 11.7 Å². The lowest BCUT2D eigenvalue weighted by Crippen LogP contribution is -2.19. The predicted molar refractivity (Wildman–Crippen MR) is 69.3 cm³/mol. The molecule has 0 aromatic carbocycles. The van der Waals surface area contributed by atoms with Crippen molar-refractivity contribution in [3.63, 3.8) is 0 Å². The molecule has 0 bridgehead atoms. The van der Waals surface area contributed by atoms with Gasteiger partial charge in [0.05, 0.1) is 0 Å². The Labute approximate surface area is 99.6 Å². The van der Waals surface area contributed by atoms with Crippen LogP contribution in [0, 0.1) is 11.8 Å². The minimum absolute atomic E-state index is 0.205. The van der Waals surface area contributed by atoms with Gasteiger partial charge in [0.1, 0.15) is 0 Å². The summed E-state index contributed by atoms with van der Waals surface area (Å²) in [4.78, 5) is 12.1. The number of carbonyl (C=O) groups is 1. The lowest BCUT2D eigenvalue weighted by Gasteiger charge is -2.19. The molecule has 90 valence electrons. The Morgan fingerprint density at radius 2 is 1.88 bits per heavy atom. The molecular formula is C15H24O. The van der Waals surface area contributed by atoms with Crippen molar-refractivity contribution in [2.75, 3.05) is 0 Å². The van der Waals surface area contributed by atoms with Gasteiger partial charge < -0.3 is 0 Å². The van der Waals surface area contributed by atoms with Crippen LogP contribution >= 0.6 is 0 Å². The first-order chi connectivity index (χ1) is 7.50. The Morgan fingerprint density at radius 3 is 2.50 bits per heavy atom. The first-order valence-electron chi connectivity index (χ1n) is 6.37. The van der Waals surface area contributed by atoms with Crippen molar-refractivity contribution in [3.05, 3.63) is 23.3 Å². The van der Waals surface area contributed by atoms with Crippen molar-refractivity contribution in [1.29, 1.82) is 0 Å². The van der Waals surface area contributed by atoms with E-state index in [1.54, 1.807) is 0 Å². The molecule has 1 aliphatic rings. The highest BCUT2D eigenvalue weighted by Gasteiger charge is 2.20. The molecule has 0 fully saturated rings. The average Bonchev–Trinajstić information content (AvgIpc) is 2.16. The molecule has 1 atom stereocenters. The van der Waals surface area contributed by atoms with Gasteiger partial charge in [0.25, 0.3) is 0 Å². The summed E-state index contributed by atoms with van der Waals surface area (Å²) >= 11 is 0. The Hall–Kier alpha value is -0.850. The number of allylic oxidation sites excluding steroid dienone is 4. The SMILES string of the molecule is CC1=CC(=O)[C@H](C(C)C)CC/C(C)=C\CC1. The lowest BCUT2D eigenvalue weighted by atomic mass is 9.84. The van der Waals surface area contributed by atoms with E-state index in [0.717, 1.165) is 25.7 Å². The van der Waals surface area contributed by atoms with Crippen molar-refractivity contribution >= 4 is 5.78 Å². The number of ketones is 1. The van der Waals surface area contributed by atoms with Crippen LogP contribution < -0.4 is 0 Å². The fourth-order valence-electron chi connectivity index (χ4n) is 2.26. The third-order valence-corrected chi connectivity index (χ3v) is 3.44. The van der Waals surface area contributed by atoms with Crippen molar-refractivity contribution in [2.24, 2.45) is 11.8 Å². The normalized spacial score (nSPS) is 27.3. The Balaban J connectivity index is 2.85. The molecule has 0 spiro atoms. The molecule has 1 heteroatoms. The van der Waals surface area contributed by atoms with E-state index in [1.165, 1.54) is 11.1 Å². The molecule has 0 heterocycles. The monoisotopic (exact) mass is 220 g/mol. The smallest absolute Gasteiger partial charge is 0.158 e. The van der Waals surface area contributed by atoms with E-state index in [9.17, 15) is 4.79 Å². The minimum atomic E-state index is 0.205. The van der Waals surface area contributed by atoms with Crippen molar-refractivity contribution < 1.29 is 4.79 Å². The Bertz CT molecular complexity index is 307. The summed E-state index contributed by atoms with van der Waals surface area (Å²) in [5, 5.41) is 0. The molecule has 0 aromatic heterocycles. The third-order valence-electron chi connectivity index (χ3n) is 3.44. The quantitative estimate of drug-likeness (QED) is 0.602. The van der Waals surface area contributed by atoms with E-state index >= 15 is 0 Å². The minimum Gasteiger partial charge on any atom is -0.295 e. The first kappa shape index (κ1) is 13.2. The third kappa shape index (κ3) is 3.96. The molecule has 0 N–H and O–H groups in total. The van der Waals surface area contributed by atoms with Crippen molar-refractivity contribution in [2.45, 2.75) is 53.4 Å². The molecule has 0 amide bonds. The zero-order chi connectivity index (χ0) is 12.1. The van der Waals surface area contributed by atoms with Gasteiger partial charge >= 0.3 is 0 Å². The van der Waals surface area contributed by atoms with Crippen LogP contribution in [0.15, 0.2) is 23.3 Å². The van der Waals surface area contributed by atoms with E-state index in [-0.39, 0.29) is 5.92 Å². The van der Waals surface area contributed by atoms with Crippen LogP contribution in [0.25, 0.3) is 0 Å². The van der Waals surface area contributed by atoms with E-state index in [1.807, 2.05) is 6.08 Å². The highest BCUT2D eigenvalue weighted by Crippen LogP contribution is 2.24. The summed E-state index contributed by atoms with van der Waals surface area (Å²) in [5.41, 5.74) is 2.66. The maximum atomic E-state index is 12.1. The Morgan fingerprint density at radius 1 is 1.19 bits per heavy atom. The van der Waals surface area contributed by atoms with Crippen LogP contribution in [-0.4, -0.2) is 5.78 Å². The zero-order valence-electron chi connectivity index (χ0n) is 11.0. The number of rotatable bonds is 1. The van der Waals surface area contributed by atoms with Crippen LogP contribution in [0.1, 0.15) is 53.4 Å². The fourth-order valence-corrected chi connectivity index (χ4v) is 2.26.